The van der Waals surface area contributed by atoms with Crippen LogP contribution in [-0.4, -0.2) is 45.3 Å². The zero-order valence-electron chi connectivity index (χ0n) is 6.16. The van der Waals surface area contributed by atoms with Crippen LogP contribution in [0.3, 0.4) is 0 Å². The molecule has 0 amide bonds. The van der Waals surface area contributed by atoms with Crippen LogP contribution in [0.25, 0.3) is 0 Å². The van der Waals surface area contributed by atoms with E-state index >= 15 is 0 Å². The molecule has 0 aromatic rings. The molecule has 0 spiro atoms. The molecule has 1 rings (SSSR count). The van der Waals surface area contributed by atoms with Gasteiger partial charge in [0.1, 0.15) is 6.04 Å². The Balaban J connectivity index is 2.11. The van der Waals surface area contributed by atoms with E-state index in [-0.39, 0.29) is 19.7 Å². The van der Waals surface area contributed by atoms with E-state index < -0.39 is 0 Å². The minimum Gasteiger partial charge on any atom is -0.511 e. The van der Waals surface area contributed by atoms with Crippen LogP contribution in [0.15, 0.2) is 0 Å². The molecule has 56 valence electrons. The zero-order chi connectivity index (χ0) is 7.56. The number of likely N-dealkylation sites (N-methyl/N-ethyl adjacent to an activating group) is 1. The summed E-state index contributed by atoms with van der Waals surface area (Å²) in [5.41, 5.74) is 0. The van der Waals surface area contributed by atoms with Gasteiger partial charge in [-0.3, -0.25) is 9.69 Å². The molecule has 0 aliphatic carbocycles. The molecule has 0 saturated carbocycles. The highest BCUT2D eigenvalue weighted by Gasteiger charge is 2.37. The van der Waals surface area contributed by atoms with Crippen molar-refractivity contribution in [2.45, 2.75) is 6.04 Å². The fraction of sp³-hybridized carbons (Fsp3) is 0.800. The molecule has 0 aromatic heterocycles. The monoisotopic (exact) mass is 143 g/mol. The highest BCUT2D eigenvalue weighted by atomic mass is 16.6. The normalized spacial score (nSPS) is 29.4. The predicted octanol–water partition coefficient (Wildman–Crippen LogP) is -1.24. The Hall–Kier alpha value is -0.545. The first-order valence-electron chi connectivity index (χ1n) is 3.11. The molecule has 4 nitrogen and oxygen atoms in total. The summed E-state index contributed by atoms with van der Waals surface area (Å²) in [5.74, 6) is -0.190. The lowest BCUT2D eigenvalue weighted by atomic mass is 10.4. The first-order chi connectivity index (χ1) is 4.75. The van der Waals surface area contributed by atoms with Crippen molar-refractivity contribution in [3.8, 4) is 0 Å². The Morgan fingerprint density at radius 3 is 2.80 bits per heavy atom. The van der Waals surface area contributed by atoms with Gasteiger partial charge in [0.2, 0.25) is 0 Å². The Bertz CT molecular complexity index is 141. The van der Waals surface area contributed by atoms with Crippen LogP contribution in [0.2, 0.25) is 0 Å². The van der Waals surface area contributed by atoms with E-state index in [4.69, 9.17) is 0 Å². The minimum atomic E-state index is -0.190. The standard InChI is InChI=1S/C5H10BNO3/c1-7-3-4(7)5(8)10-6-9-2/h4,6H,3H2,1-2H3. The van der Waals surface area contributed by atoms with Crippen molar-refractivity contribution >= 4 is 13.7 Å². The van der Waals surface area contributed by atoms with E-state index in [1.807, 2.05) is 11.9 Å². The van der Waals surface area contributed by atoms with Crippen LogP contribution >= 0.6 is 0 Å². The summed E-state index contributed by atoms with van der Waals surface area (Å²) in [4.78, 5) is 12.7. The summed E-state index contributed by atoms with van der Waals surface area (Å²) in [6.45, 7) is 0.808. The largest absolute Gasteiger partial charge is 0.511 e. The van der Waals surface area contributed by atoms with Crippen LogP contribution in [0.5, 0.6) is 0 Å². The summed E-state index contributed by atoms with van der Waals surface area (Å²) >= 11 is 0. The van der Waals surface area contributed by atoms with Crippen molar-refractivity contribution in [1.82, 2.24) is 4.90 Å². The fourth-order valence-electron chi connectivity index (χ4n) is 0.693. The topological polar surface area (TPSA) is 38.5 Å². The zero-order valence-corrected chi connectivity index (χ0v) is 6.16. The maximum absolute atomic E-state index is 10.8. The molecule has 0 bridgehead atoms. The van der Waals surface area contributed by atoms with Crippen molar-refractivity contribution in [3.05, 3.63) is 0 Å². The lowest BCUT2D eigenvalue weighted by molar-refractivity contribution is -0.135. The summed E-state index contributed by atoms with van der Waals surface area (Å²) < 4.78 is 9.25. The van der Waals surface area contributed by atoms with Gasteiger partial charge in [-0.25, -0.2) is 0 Å². The average molecular weight is 143 g/mol. The second-order valence-corrected chi connectivity index (χ2v) is 2.33. The van der Waals surface area contributed by atoms with Gasteiger partial charge in [0.25, 0.3) is 0 Å². The van der Waals surface area contributed by atoms with Crippen molar-refractivity contribution < 1.29 is 14.1 Å². The number of hydrogen-bond donors (Lipinski definition) is 0. The van der Waals surface area contributed by atoms with Crippen LogP contribution in [0, 0.1) is 0 Å². The van der Waals surface area contributed by atoms with Gasteiger partial charge >= 0.3 is 13.7 Å². The summed E-state index contributed by atoms with van der Waals surface area (Å²) in [6, 6.07) is -0.0184. The maximum Gasteiger partial charge on any atom is 0.508 e. The van der Waals surface area contributed by atoms with E-state index in [1.54, 1.807) is 0 Å². The lowest BCUT2D eigenvalue weighted by Gasteiger charge is -1.98. The predicted molar refractivity (Wildman–Crippen MR) is 36.7 cm³/mol. The molecule has 10 heavy (non-hydrogen) atoms. The molecule has 0 N–H and O–H groups in total. The van der Waals surface area contributed by atoms with Crippen LogP contribution in [-0.2, 0) is 14.1 Å². The molecule has 2 unspecified atom stereocenters. The van der Waals surface area contributed by atoms with Gasteiger partial charge in [-0.1, -0.05) is 0 Å². The first kappa shape index (κ1) is 7.56. The van der Waals surface area contributed by atoms with Crippen LogP contribution in [0.1, 0.15) is 0 Å². The van der Waals surface area contributed by atoms with Crippen LogP contribution in [0.4, 0.5) is 0 Å². The van der Waals surface area contributed by atoms with Gasteiger partial charge in [-0.2, -0.15) is 0 Å². The molecule has 1 aliphatic heterocycles. The molecule has 1 fully saturated rings. The molecular weight excluding hydrogens is 133 g/mol. The fourth-order valence-corrected chi connectivity index (χ4v) is 0.693. The van der Waals surface area contributed by atoms with Gasteiger partial charge in [0, 0.05) is 13.7 Å². The van der Waals surface area contributed by atoms with E-state index in [0.717, 1.165) is 6.54 Å². The second kappa shape index (κ2) is 3.03. The van der Waals surface area contributed by atoms with E-state index in [0.29, 0.717) is 0 Å². The number of hydrogen-bond acceptors (Lipinski definition) is 4. The van der Waals surface area contributed by atoms with Crippen molar-refractivity contribution in [2.24, 2.45) is 0 Å². The molecule has 1 heterocycles. The number of carbonyl (C=O) groups is 1. The van der Waals surface area contributed by atoms with Gasteiger partial charge < -0.3 is 9.31 Å². The highest BCUT2D eigenvalue weighted by Crippen LogP contribution is 2.13. The Morgan fingerprint density at radius 1 is 1.80 bits per heavy atom. The average Bonchev–Trinajstić information content (AvgIpc) is 2.62. The van der Waals surface area contributed by atoms with Crippen molar-refractivity contribution in [2.75, 3.05) is 20.7 Å². The molecule has 5 heteroatoms. The van der Waals surface area contributed by atoms with E-state index in [1.165, 1.54) is 7.11 Å². The molecule has 1 saturated heterocycles. The number of nitrogens with zero attached hydrogens (tertiary/aromatic N) is 1. The van der Waals surface area contributed by atoms with Gasteiger partial charge in [0.05, 0.1) is 0 Å². The van der Waals surface area contributed by atoms with Gasteiger partial charge in [-0.15, -0.1) is 0 Å². The Morgan fingerprint density at radius 2 is 2.40 bits per heavy atom. The Labute approximate surface area is 60.4 Å². The van der Waals surface area contributed by atoms with E-state index in [2.05, 4.69) is 9.31 Å². The molecule has 0 aromatic carbocycles. The summed E-state index contributed by atoms with van der Waals surface area (Å²) in [6.07, 6.45) is 0. The van der Waals surface area contributed by atoms with E-state index in [9.17, 15) is 4.79 Å². The van der Waals surface area contributed by atoms with Crippen molar-refractivity contribution in [3.63, 3.8) is 0 Å². The SMILES string of the molecule is COBOC(=O)C1CN1C. The minimum absolute atomic E-state index is 0.0184. The molecule has 2 atom stereocenters. The summed E-state index contributed by atoms with van der Waals surface area (Å²) in [7, 11) is 3.42. The third-order valence-electron chi connectivity index (χ3n) is 1.45. The van der Waals surface area contributed by atoms with Gasteiger partial charge in [-0.05, 0) is 7.05 Å². The second-order valence-electron chi connectivity index (χ2n) is 2.33. The van der Waals surface area contributed by atoms with Gasteiger partial charge in [0.15, 0.2) is 0 Å². The quantitative estimate of drug-likeness (QED) is 0.365. The maximum atomic E-state index is 10.8. The molecule has 0 radical (unpaired) electrons. The lowest BCUT2D eigenvalue weighted by Crippen LogP contribution is -2.17. The first-order valence-corrected chi connectivity index (χ1v) is 3.11. The Kier molecular flexibility index (Phi) is 2.29. The molecular formula is C5H10BNO3. The smallest absolute Gasteiger partial charge is 0.508 e. The third-order valence-corrected chi connectivity index (χ3v) is 1.45. The van der Waals surface area contributed by atoms with Crippen LogP contribution < -0.4 is 0 Å². The third kappa shape index (κ3) is 1.72. The van der Waals surface area contributed by atoms with Crippen molar-refractivity contribution in [1.29, 1.82) is 0 Å². The number of rotatable bonds is 3. The molecule has 1 aliphatic rings. The highest BCUT2D eigenvalue weighted by molar-refractivity contribution is 6.22. The summed E-state index contributed by atoms with van der Waals surface area (Å²) in [5, 5.41) is 0. The number of carbonyl (C=O) groups excluding carboxylic acids is 1.